The minimum absolute atomic E-state index is 0.513. The molecule has 1 aliphatic heterocycles. The van der Waals surface area contributed by atoms with Gasteiger partial charge in [-0.1, -0.05) is 13.8 Å². The number of hydrogen-bond donors (Lipinski definition) is 1. The first kappa shape index (κ1) is 16.0. The monoisotopic (exact) mass is 295 g/mol. The van der Waals surface area contributed by atoms with Gasteiger partial charge in [0.15, 0.2) is 0 Å². The van der Waals surface area contributed by atoms with Crippen molar-refractivity contribution < 1.29 is 4.74 Å². The summed E-state index contributed by atoms with van der Waals surface area (Å²) in [5, 5.41) is 3.65. The van der Waals surface area contributed by atoms with Crippen molar-refractivity contribution in [3.8, 4) is 0 Å². The van der Waals surface area contributed by atoms with Crippen LogP contribution in [0.2, 0.25) is 0 Å². The fourth-order valence-corrected chi connectivity index (χ4v) is 3.99. The van der Waals surface area contributed by atoms with Crippen LogP contribution in [0.15, 0.2) is 12.1 Å². The largest absolute Gasteiger partial charge is 0.378 e. The van der Waals surface area contributed by atoms with Gasteiger partial charge in [0.05, 0.1) is 6.10 Å². The molecule has 2 heterocycles. The Hall–Kier alpha value is -0.380. The summed E-state index contributed by atoms with van der Waals surface area (Å²) in [6.07, 6.45) is 9.15. The van der Waals surface area contributed by atoms with Crippen LogP contribution in [-0.2, 0) is 17.6 Å². The Morgan fingerprint density at radius 1 is 1.30 bits per heavy atom. The number of rotatable bonds is 8. The van der Waals surface area contributed by atoms with Crippen LogP contribution in [0.5, 0.6) is 0 Å². The molecule has 0 aromatic carbocycles. The molecule has 1 aromatic rings. The summed E-state index contributed by atoms with van der Waals surface area (Å²) < 4.78 is 5.85. The summed E-state index contributed by atoms with van der Waals surface area (Å²) in [6.45, 7) is 6.47. The lowest BCUT2D eigenvalue weighted by Gasteiger charge is -2.25. The SMILES string of the molecule is CCNC(CCC1CCCCO1)Cc1ccc(CC)s1. The van der Waals surface area contributed by atoms with Gasteiger partial charge in [-0.3, -0.25) is 0 Å². The Morgan fingerprint density at radius 3 is 2.80 bits per heavy atom. The average Bonchev–Trinajstić information content (AvgIpc) is 2.94. The van der Waals surface area contributed by atoms with Crippen LogP contribution >= 0.6 is 11.3 Å². The number of nitrogens with one attached hydrogen (secondary N) is 1. The van der Waals surface area contributed by atoms with Gasteiger partial charge >= 0.3 is 0 Å². The standard InChI is InChI=1S/C17H29NOS/c1-3-16-10-11-17(20-16)13-14(18-4-2)8-9-15-7-5-6-12-19-15/h10-11,14-15,18H,3-9,12-13H2,1-2H3. The maximum Gasteiger partial charge on any atom is 0.0575 e. The van der Waals surface area contributed by atoms with E-state index in [-0.39, 0.29) is 0 Å². The van der Waals surface area contributed by atoms with Gasteiger partial charge in [-0.2, -0.15) is 0 Å². The van der Waals surface area contributed by atoms with E-state index in [4.69, 9.17) is 4.74 Å². The second kappa shape index (κ2) is 8.81. The molecule has 0 spiro atoms. The Bertz CT molecular complexity index is 371. The minimum atomic E-state index is 0.513. The molecule has 114 valence electrons. The van der Waals surface area contributed by atoms with E-state index in [9.17, 15) is 0 Å². The van der Waals surface area contributed by atoms with Crippen molar-refractivity contribution >= 4 is 11.3 Å². The fraction of sp³-hybridized carbons (Fsp3) is 0.765. The maximum atomic E-state index is 5.85. The zero-order chi connectivity index (χ0) is 14.2. The van der Waals surface area contributed by atoms with E-state index in [1.165, 1.54) is 48.3 Å². The summed E-state index contributed by atoms with van der Waals surface area (Å²) in [6, 6.07) is 5.20. The van der Waals surface area contributed by atoms with Crippen molar-refractivity contribution in [2.75, 3.05) is 13.2 Å². The van der Waals surface area contributed by atoms with E-state index in [2.05, 4.69) is 31.3 Å². The van der Waals surface area contributed by atoms with Gasteiger partial charge < -0.3 is 10.1 Å². The Kier molecular flexibility index (Phi) is 7.05. The molecule has 0 radical (unpaired) electrons. The van der Waals surface area contributed by atoms with Gasteiger partial charge in [-0.25, -0.2) is 0 Å². The van der Waals surface area contributed by atoms with Crippen LogP contribution in [-0.4, -0.2) is 25.3 Å². The molecule has 2 rings (SSSR count). The zero-order valence-corrected chi connectivity index (χ0v) is 13.8. The molecule has 1 aromatic heterocycles. The van der Waals surface area contributed by atoms with Crippen LogP contribution < -0.4 is 5.32 Å². The molecule has 0 aliphatic carbocycles. The lowest BCUT2D eigenvalue weighted by atomic mass is 9.99. The Morgan fingerprint density at radius 2 is 2.15 bits per heavy atom. The van der Waals surface area contributed by atoms with Gasteiger partial charge in [0.1, 0.15) is 0 Å². The van der Waals surface area contributed by atoms with E-state index >= 15 is 0 Å². The summed E-state index contributed by atoms with van der Waals surface area (Å²) >= 11 is 1.98. The fourth-order valence-electron chi connectivity index (χ4n) is 2.95. The van der Waals surface area contributed by atoms with E-state index in [0.29, 0.717) is 12.1 Å². The van der Waals surface area contributed by atoms with Crippen LogP contribution in [0.4, 0.5) is 0 Å². The number of aryl methyl sites for hydroxylation is 1. The average molecular weight is 295 g/mol. The number of hydrogen-bond acceptors (Lipinski definition) is 3. The first-order chi connectivity index (χ1) is 9.81. The molecule has 0 bridgehead atoms. The number of likely N-dealkylation sites (N-methyl/N-ethyl adjacent to an activating group) is 1. The second-order valence-electron chi connectivity index (χ2n) is 5.75. The lowest BCUT2D eigenvalue weighted by molar-refractivity contribution is 0.00862. The van der Waals surface area contributed by atoms with Gasteiger partial charge in [-0.15, -0.1) is 11.3 Å². The molecule has 20 heavy (non-hydrogen) atoms. The van der Waals surface area contributed by atoms with Crippen molar-refractivity contribution in [1.29, 1.82) is 0 Å². The highest BCUT2D eigenvalue weighted by atomic mass is 32.1. The van der Waals surface area contributed by atoms with Crippen molar-refractivity contribution in [2.24, 2.45) is 0 Å². The van der Waals surface area contributed by atoms with Crippen LogP contribution in [0.1, 0.15) is 55.7 Å². The van der Waals surface area contributed by atoms with Crippen molar-refractivity contribution in [3.63, 3.8) is 0 Å². The van der Waals surface area contributed by atoms with Gasteiger partial charge in [-0.05, 0) is 63.6 Å². The zero-order valence-electron chi connectivity index (χ0n) is 13.0. The normalized spacial score (nSPS) is 21.0. The summed E-state index contributed by atoms with van der Waals surface area (Å²) in [5.41, 5.74) is 0. The lowest BCUT2D eigenvalue weighted by Crippen LogP contribution is -2.32. The summed E-state index contributed by atoms with van der Waals surface area (Å²) in [7, 11) is 0. The highest BCUT2D eigenvalue weighted by Crippen LogP contribution is 2.22. The highest BCUT2D eigenvalue weighted by molar-refractivity contribution is 7.11. The molecular formula is C17H29NOS. The molecule has 0 amide bonds. The molecule has 1 fully saturated rings. The Balaban J connectivity index is 1.79. The van der Waals surface area contributed by atoms with Crippen LogP contribution in [0.3, 0.4) is 0 Å². The second-order valence-corrected chi connectivity index (χ2v) is 7.00. The third kappa shape index (κ3) is 5.19. The van der Waals surface area contributed by atoms with E-state index < -0.39 is 0 Å². The van der Waals surface area contributed by atoms with Gasteiger partial charge in [0, 0.05) is 22.4 Å². The topological polar surface area (TPSA) is 21.3 Å². The molecule has 1 N–H and O–H groups in total. The molecular weight excluding hydrogens is 266 g/mol. The molecule has 2 nitrogen and oxygen atoms in total. The van der Waals surface area contributed by atoms with Crippen molar-refractivity contribution in [2.45, 2.75) is 70.9 Å². The maximum absolute atomic E-state index is 5.85. The van der Waals surface area contributed by atoms with Gasteiger partial charge in [0.2, 0.25) is 0 Å². The van der Waals surface area contributed by atoms with E-state index in [1.807, 2.05) is 11.3 Å². The van der Waals surface area contributed by atoms with E-state index in [0.717, 1.165) is 19.6 Å². The number of ether oxygens (including phenoxy) is 1. The third-order valence-electron chi connectivity index (χ3n) is 4.12. The smallest absolute Gasteiger partial charge is 0.0575 e. The predicted molar refractivity (Wildman–Crippen MR) is 87.7 cm³/mol. The summed E-state index contributed by atoms with van der Waals surface area (Å²) in [4.78, 5) is 3.03. The third-order valence-corrected chi connectivity index (χ3v) is 5.37. The molecule has 1 aliphatic rings. The summed E-state index contributed by atoms with van der Waals surface area (Å²) in [5.74, 6) is 0. The van der Waals surface area contributed by atoms with Crippen LogP contribution in [0, 0.1) is 0 Å². The highest BCUT2D eigenvalue weighted by Gasteiger charge is 2.17. The first-order valence-corrected chi connectivity index (χ1v) is 9.06. The molecule has 2 unspecified atom stereocenters. The Labute approximate surface area is 127 Å². The van der Waals surface area contributed by atoms with Gasteiger partial charge in [0.25, 0.3) is 0 Å². The molecule has 2 atom stereocenters. The predicted octanol–water partition coefficient (Wildman–Crippen LogP) is 4.18. The molecule has 0 saturated carbocycles. The first-order valence-electron chi connectivity index (χ1n) is 8.24. The molecule has 1 saturated heterocycles. The number of thiophene rings is 1. The van der Waals surface area contributed by atoms with Crippen LogP contribution in [0.25, 0.3) is 0 Å². The molecule has 3 heteroatoms. The minimum Gasteiger partial charge on any atom is -0.378 e. The quantitative estimate of drug-likeness (QED) is 0.777. The van der Waals surface area contributed by atoms with E-state index in [1.54, 1.807) is 0 Å². The van der Waals surface area contributed by atoms with Crippen molar-refractivity contribution in [1.82, 2.24) is 5.32 Å². The van der Waals surface area contributed by atoms with Crippen molar-refractivity contribution in [3.05, 3.63) is 21.9 Å².